The topological polar surface area (TPSA) is 27.7 Å². The van der Waals surface area contributed by atoms with Crippen LogP contribution < -0.4 is 5.32 Å². The lowest BCUT2D eigenvalue weighted by Gasteiger charge is -2.51. The van der Waals surface area contributed by atoms with Gasteiger partial charge in [0.05, 0.1) is 12.7 Å². The van der Waals surface area contributed by atoms with Gasteiger partial charge in [-0.1, -0.05) is 19.3 Å². The average Bonchev–Trinajstić information content (AvgIpc) is 2.51. The van der Waals surface area contributed by atoms with Crippen LogP contribution in [0.4, 0.5) is 0 Å². The van der Waals surface area contributed by atoms with Crippen molar-refractivity contribution in [1.29, 1.82) is 0 Å². The Morgan fingerprint density at radius 2 is 2.00 bits per heavy atom. The third-order valence-corrected chi connectivity index (χ3v) is 5.79. The van der Waals surface area contributed by atoms with Gasteiger partial charge in [0.15, 0.2) is 0 Å². The van der Waals surface area contributed by atoms with E-state index in [0.29, 0.717) is 17.7 Å². The first-order chi connectivity index (χ1) is 10.2. The number of nitrogens with zero attached hydrogens (tertiary/aromatic N) is 2. The van der Waals surface area contributed by atoms with Crippen LogP contribution in [-0.2, 0) is 4.74 Å². The third-order valence-electron chi connectivity index (χ3n) is 5.79. The van der Waals surface area contributed by atoms with Crippen LogP contribution in [-0.4, -0.2) is 73.4 Å². The summed E-state index contributed by atoms with van der Waals surface area (Å²) in [4.78, 5) is 5.35. The Hall–Kier alpha value is -0.160. The molecule has 1 spiro atoms. The first-order valence-corrected chi connectivity index (χ1v) is 9.01. The minimum atomic E-state index is 0.401. The molecule has 1 unspecified atom stereocenters. The lowest BCUT2D eigenvalue weighted by atomic mass is 9.79. The summed E-state index contributed by atoms with van der Waals surface area (Å²) in [7, 11) is 0. The van der Waals surface area contributed by atoms with Crippen molar-refractivity contribution in [3.05, 3.63) is 0 Å². The maximum Gasteiger partial charge on any atom is 0.0829 e. The zero-order chi connectivity index (χ0) is 14.7. The van der Waals surface area contributed by atoms with Gasteiger partial charge < -0.3 is 10.1 Å². The molecule has 21 heavy (non-hydrogen) atoms. The minimum absolute atomic E-state index is 0.401. The van der Waals surface area contributed by atoms with Crippen LogP contribution >= 0.6 is 0 Å². The first-order valence-electron chi connectivity index (χ1n) is 9.01. The highest BCUT2D eigenvalue weighted by Crippen LogP contribution is 2.35. The molecular formula is C17H33N3O. The predicted molar refractivity (Wildman–Crippen MR) is 86.7 cm³/mol. The van der Waals surface area contributed by atoms with Crippen LogP contribution in [0.1, 0.15) is 46.0 Å². The van der Waals surface area contributed by atoms with Gasteiger partial charge in [0.2, 0.25) is 0 Å². The second-order valence-corrected chi connectivity index (χ2v) is 7.49. The van der Waals surface area contributed by atoms with Gasteiger partial charge in [0.25, 0.3) is 0 Å². The third kappa shape index (κ3) is 3.61. The van der Waals surface area contributed by atoms with Crippen LogP contribution in [0.2, 0.25) is 0 Å². The van der Waals surface area contributed by atoms with Crippen LogP contribution in [0.5, 0.6) is 0 Å². The zero-order valence-electron chi connectivity index (χ0n) is 13.9. The van der Waals surface area contributed by atoms with Gasteiger partial charge in [0.1, 0.15) is 0 Å². The summed E-state index contributed by atoms with van der Waals surface area (Å²) in [6, 6.07) is 0.642. The summed E-state index contributed by atoms with van der Waals surface area (Å²) in [5, 5.41) is 3.65. The second-order valence-electron chi connectivity index (χ2n) is 7.49. The van der Waals surface area contributed by atoms with Crippen molar-refractivity contribution in [2.75, 3.05) is 45.9 Å². The van der Waals surface area contributed by atoms with Gasteiger partial charge >= 0.3 is 0 Å². The molecule has 2 aliphatic heterocycles. The molecule has 0 amide bonds. The predicted octanol–water partition coefficient (Wildman–Crippen LogP) is 1.70. The molecule has 4 heteroatoms. The molecule has 122 valence electrons. The molecule has 1 atom stereocenters. The van der Waals surface area contributed by atoms with Gasteiger partial charge in [-0.3, -0.25) is 9.80 Å². The molecule has 1 aliphatic carbocycles. The molecule has 0 aromatic heterocycles. The molecule has 1 N–H and O–H groups in total. The summed E-state index contributed by atoms with van der Waals surface area (Å²) in [5.41, 5.74) is 0.431. The fourth-order valence-electron chi connectivity index (χ4n) is 4.44. The van der Waals surface area contributed by atoms with Crippen molar-refractivity contribution in [1.82, 2.24) is 15.1 Å². The quantitative estimate of drug-likeness (QED) is 0.858. The summed E-state index contributed by atoms with van der Waals surface area (Å²) >= 11 is 0. The monoisotopic (exact) mass is 295 g/mol. The summed E-state index contributed by atoms with van der Waals surface area (Å²) < 4.78 is 6.09. The highest BCUT2D eigenvalue weighted by molar-refractivity contribution is 4.99. The number of rotatable bonds is 3. The molecule has 3 aliphatic rings. The number of ether oxygens (including phenoxy) is 1. The van der Waals surface area contributed by atoms with E-state index in [1.54, 1.807) is 0 Å². The number of nitrogens with one attached hydrogen (secondary N) is 1. The molecule has 0 aromatic carbocycles. The lowest BCUT2D eigenvalue weighted by molar-refractivity contribution is -0.0771. The standard InChI is InChI=1S/C17H33N3O/c1-15(2)19-10-11-21-16(12-19)13-20-9-8-18-14-17(20)6-4-3-5-7-17/h15-16,18H,3-14H2,1-2H3. The Labute approximate surface area is 130 Å². The van der Waals surface area contributed by atoms with E-state index in [-0.39, 0.29) is 0 Å². The van der Waals surface area contributed by atoms with E-state index >= 15 is 0 Å². The van der Waals surface area contributed by atoms with Crippen LogP contribution in [0, 0.1) is 0 Å². The van der Waals surface area contributed by atoms with Crippen molar-refractivity contribution < 1.29 is 4.74 Å². The van der Waals surface area contributed by atoms with E-state index in [1.807, 2.05) is 0 Å². The molecule has 0 aromatic rings. The van der Waals surface area contributed by atoms with E-state index in [4.69, 9.17) is 4.74 Å². The molecule has 3 fully saturated rings. The van der Waals surface area contributed by atoms with E-state index in [9.17, 15) is 0 Å². The molecule has 0 bridgehead atoms. The number of morpholine rings is 1. The molecular weight excluding hydrogens is 262 g/mol. The van der Waals surface area contributed by atoms with Crippen LogP contribution in [0.15, 0.2) is 0 Å². The Balaban J connectivity index is 1.61. The summed E-state index contributed by atoms with van der Waals surface area (Å²) in [5.74, 6) is 0. The maximum atomic E-state index is 6.09. The average molecular weight is 295 g/mol. The summed E-state index contributed by atoms with van der Waals surface area (Å²) in [6.45, 7) is 12.4. The Morgan fingerprint density at radius 3 is 2.76 bits per heavy atom. The molecule has 4 nitrogen and oxygen atoms in total. The Bertz CT molecular complexity index is 320. The van der Waals surface area contributed by atoms with Crippen molar-refractivity contribution >= 4 is 0 Å². The zero-order valence-corrected chi connectivity index (χ0v) is 13.9. The maximum absolute atomic E-state index is 6.09. The van der Waals surface area contributed by atoms with Gasteiger partial charge in [-0.25, -0.2) is 0 Å². The summed E-state index contributed by atoms with van der Waals surface area (Å²) in [6.07, 6.45) is 7.39. The molecule has 2 heterocycles. The normalized spacial score (nSPS) is 31.9. The Kier molecular flexibility index (Phi) is 5.20. The molecule has 1 saturated carbocycles. The minimum Gasteiger partial charge on any atom is -0.374 e. The lowest BCUT2D eigenvalue weighted by Crippen LogP contribution is -2.64. The van der Waals surface area contributed by atoms with Crippen LogP contribution in [0.3, 0.4) is 0 Å². The fraction of sp³-hybridized carbons (Fsp3) is 1.00. The Morgan fingerprint density at radius 1 is 1.19 bits per heavy atom. The van der Waals surface area contributed by atoms with Crippen molar-refractivity contribution in [2.24, 2.45) is 0 Å². The van der Waals surface area contributed by atoms with E-state index < -0.39 is 0 Å². The fourth-order valence-corrected chi connectivity index (χ4v) is 4.44. The molecule has 2 saturated heterocycles. The van der Waals surface area contributed by atoms with E-state index in [0.717, 1.165) is 32.8 Å². The number of hydrogen-bond acceptors (Lipinski definition) is 4. The van der Waals surface area contributed by atoms with Crippen molar-refractivity contribution in [3.8, 4) is 0 Å². The SMILES string of the molecule is CC(C)N1CCOC(CN2CCNCC23CCCCC3)C1. The second kappa shape index (κ2) is 6.95. The highest BCUT2D eigenvalue weighted by Gasteiger charge is 2.40. The smallest absolute Gasteiger partial charge is 0.0829 e. The van der Waals surface area contributed by atoms with Gasteiger partial charge in [0, 0.05) is 50.8 Å². The molecule has 3 rings (SSSR count). The van der Waals surface area contributed by atoms with Crippen molar-refractivity contribution in [2.45, 2.75) is 63.6 Å². The number of hydrogen-bond donors (Lipinski definition) is 1. The number of piperazine rings is 1. The van der Waals surface area contributed by atoms with E-state index in [2.05, 4.69) is 29.0 Å². The van der Waals surface area contributed by atoms with E-state index in [1.165, 1.54) is 45.2 Å². The first kappa shape index (κ1) is 15.7. The highest BCUT2D eigenvalue weighted by atomic mass is 16.5. The van der Waals surface area contributed by atoms with Crippen LogP contribution in [0.25, 0.3) is 0 Å². The van der Waals surface area contributed by atoms with Crippen molar-refractivity contribution in [3.63, 3.8) is 0 Å². The van der Waals surface area contributed by atoms with Gasteiger partial charge in [-0.2, -0.15) is 0 Å². The largest absolute Gasteiger partial charge is 0.374 e. The van der Waals surface area contributed by atoms with Gasteiger partial charge in [-0.15, -0.1) is 0 Å². The van der Waals surface area contributed by atoms with Gasteiger partial charge in [-0.05, 0) is 26.7 Å². The molecule has 0 radical (unpaired) electrons.